The molecule has 210 valence electrons. The number of carbonyl (C=O) groups excluding carboxylic acids is 1. The van der Waals surface area contributed by atoms with Gasteiger partial charge in [-0.15, -0.1) is 12.4 Å². The first-order valence-corrected chi connectivity index (χ1v) is 12.4. The third kappa shape index (κ3) is 6.12. The van der Waals surface area contributed by atoms with Crippen molar-refractivity contribution in [2.24, 2.45) is 4.99 Å². The van der Waals surface area contributed by atoms with Gasteiger partial charge >= 0.3 is 12.4 Å². The number of anilines is 1. The maximum atomic E-state index is 14.3. The highest BCUT2D eigenvalue weighted by molar-refractivity contribution is 6.01. The Hall–Kier alpha value is -2.17. The number of piperidine rings is 1. The number of likely N-dealkylation sites (N-methyl/N-ethyl adjacent to an activating group) is 2. The number of amidine groups is 1. The Morgan fingerprint density at radius 3 is 2.08 bits per heavy atom. The summed E-state index contributed by atoms with van der Waals surface area (Å²) in [7, 11) is 2.12. The zero-order chi connectivity index (χ0) is 26.7. The van der Waals surface area contributed by atoms with Crippen molar-refractivity contribution in [1.82, 2.24) is 9.80 Å². The van der Waals surface area contributed by atoms with Gasteiger partial charge in [0, 0.05) is 44.9 Å². The average molecular weight is 557 g/mol. The van der Waals surface area contributed by atoms with Crippen LogP contribution in [-0.2, 0) is 4.79 Å². The van der Waals surface area contributed by atoms with E-state index in [0.717, 1.165) is 69.9 Å². The zero-order valence-electron chi connectivity index (χ0n) is 21.3. The molecule has 1 amide bonds. The number of halogens is 7. The smallest absolute Gasteiger partial charge is 0.372 e. The number of alkyl halides is 6. The van der Waals surface area contributed by atoms with E-state index in [1.54, 1.807) is 12.1 Å². The molecule has 1 unspecified atom stereocenters. The van der Waals surface area contributed by atoms with Crippen molar-refractivity contribution in [1.29, 1.82) is 0 Å². The van der Waals surface area contributed by atoms with Crippen molar-refractivity contribution in [3.63, 3.8) is 0 Å². The number of nitrogens with zero attached hydrogens (tertiary/aromatic N) is 4. The minimum Gasteiger partial charge on any atom is -0.372 e. The fraction of sp³-hybridized carbons (Fsp3) is 0.680. The Labute approximate surface area is 220 Å². The molecule has 3 rings (SSSR count). The molecule has 0 aliphatic carbocycles. The van der Waals surface area contributed by atoms with Crippen molar-refractivity contribution >= 4 is 29.8 Å². The number of aliphatic imine (C=N–C) groups is 1. The lowest BCUT2D eigenvalue weighted by molar-refractivity contribution is -0.312. The van der Waals surface area contributed by atoms with Crippen LogP contribution in [0.3, 0.4) is 0 Å². The number of hydrogen-bond donors (Lipinski definition) is 0. The van der Waals surface area contributed by atoms with E-state index in [-0.39, 0.29) is 24.4 Å². The third-order valence-electron chi connectivity index (χ3n) is 7.07. The molecule has 1 aromatic carbocycles. The molecular formula is C25H35ClF6N4O. The van der Waals surface area contributed by atoms with Gasteiger partial charge in [0.25, 0.3) is 5.54 Å². The van der Waals surface area contributed by atoms with Crippen LogP contribution in [0.2, 0.25) is 0 Å². The molecule has 37 heavy (non-hydrogen) atoms. The molecule has 0 spiro atoms. The van der Waals surface area contributed by atoms with Gasteiger partial charge in [-0.25, -0.2) is 4.99 Å². The molecule has 0 radical (unpaired) electrons. The fourth-order valence-corrected chi connectivity index (χ4v) is 5.08. The highest BCUT2D eigenvalue weighted by atomic mass is 35.5. The summed E-state index contributed by atoms with van der Waals surface area (Å²) in [5.41, 5.74) is -3.49. The van der Waals surface area contributed by atoms with E-state index in [9.17, 15) is 31.1 Å². The lowest BCUT2D eigenvalue weighted by Crippen LogP contribution is -2.69. The minimum atomic E-state index is -5.78. The molecule has 12 heteroatoms. The summed E-state index contributed by atoms with van der Waals surface area (Å²) in [6, 6.07) is 6.36. The molecule has 1 fully saturated rings. The second-order valence-electron chi connectivity index (χ2n) is 9.59. The first kappa shape index (κ1) is 31.1. The summed E-state index contributed by atoms with van der Waals surface area (Å²) in [4.78, 5) is 19.6. The molecule has 0 bridgehead atoms. The van der Waals surface area contributed by atoms with Crippen molar-refractivity contribution in [2.45, 2.75) is 82.3 Å². The van der Waals surface area contributed by atoms with Gasteiger partial charge in [0.2, 0.25) is 5.91 Å². The van der Waals surface area contributed by atoms with Gasteiger partial charge in [0.15, 0.2) is 0 Å². The molecule has 2 aliphatic heterocycles. The van der Waals surface area contributed by atoms with Gasteiger partial charge in [0.05, 0.1) is 0 Å². The van der Waals surface area contributed by atoms with Crippen LogP contribution in [0.4, 0.5) is 32.0 Å². The van der Waals surface area contributed by atoms with E-state index in [4.69, 9.17) is 0 Å². The van der Waals surface area contributed by atoms with Crippen molar-refractivity contribution in [2.75, 3.05) is 32.1 Å². The number of hydrogen-bond acceptors (Lipinski definition) is 4. The van der Waals surface area contributed by atoms with Crippen LogP contribution in [0.1, 0.15) is 63.9 Å². The summed E-state index contributed by atoms with van der Waals surface area (Å²) >= 11 is 0. The number of carbonyl (C=O) groups is 1. The first-order chi connectivity index (χ1) is 16.8. The highest BCUT2D eigenvalue weighted by Gasteiger charge is 2.79. The Morgan fingerprint density at radius 1 is 1.00 bits per heavy atom. The normalized spacial score (nSPS) is 19.9. The van der Waals surface area contributed by atoms with E-state index in [2.05, 4.69) is 9.89 Å². The van der Waals surface area contributed by atoms with E-state index in [1.807, 2.05) is 6.92 Å². The van der Waals surface area contributed by atoms with Crippen LogP contribution in [0.5, 0.6) is 0 Å². The highest BCUT2D eigenvalue weighted by Crippen LogP contribution is 2.53. The summed E-state index contributed by atoms with van der Waals surface area (Å²) < 4.78 is 85.9. The van der Waals surface area contributed by atoms with Gasteiger partial charge in [-0.1, -0.05) is 26.2 Å². The predicted octanol–water partition coefficient (Wildman–Crippen LogP) is 6.41. The van der Waals surface area contributed by atoms with Crippen LogP contribution in [-0.4, -0.2) is 72.8 Å². The zero-order valence-corrected chi connectivity index (χ0v) is 22.1. The van der Waals surface area contributed by atoms with Crippen molar-refractivity contribution < 1.29 is 31.1 Å². The summed E-state index contributed by atoms with van der Waals surface area (Å²) in [6.07, 6.45) is -8.14. The second kappa shape index (κ2) is 12.1. The summed E-state index contributed by atoms with van der Waals surface area (Å²) in [5, 5.41) is 0. The van der Waals surface area contributed by atoms with Crippen LogP contribution in [0, 0.1) is 0 Å². The van der Waals surface area contributed by atoms with Crippen LogP contribution < -0.4 is 4.90 Å². The van der Waals surface area contributed by atoms with Crippen molar-refractivity contribution in [3.8, 4) is 0 Å². The van der Waals surface area contributed by atoms with Gasteiger partial charge in [-0.05, 0) is 49.9 Å². The monoisotopic (exact) mass is 556 g/mol. The number of benzene rings is 1. The van der Waals surface area contributed by atoms with Crippen molar-refractivity contribution in [3.05, 3.63) is 29.8 Å². The Kier molecular flexibility index (Phi) is 10.2. The summed E-state index contributed by atoms with van der Waals surface area (Å²) in [6.45, 7) is 3.65. The molecule has 1 aromatic rings. The van der Waals surface area contributed by atoms with E-state index in [1.165, 1.54) is 12.1 Å². The quantitative estimate of drug-likeness (QED) is 0.274. The molecule has 2 heterocycles. The molecule has 0 aromatic heterocycles. The average Bonchev–Trinajstić information content (AvgIpc) is 3.16. The molecular weight excluding hydrogens is 522 g/mol. The van der Waals surface area contributed by atoms with Crippen LogP contribution >= 0.6 is 12.4 Å². The van der Waals surface area contributed by atoms with E-state index >= 15 is 0 Å². The lowest BCUT2D eigenvalue weighted by Gasteiger charge is -2.42. The van der Waals surface area contributed by atoms with Gasteiger partial charge in [-0.3, -0.25) is 4.79 Å². The number of unbranched alkanes of at least 4 members (excludes halogenated alkanes) is 3. The fourth-order valence-electron chi connectivity index (χ4n) is 5.08. The molecule has 1 atom stereocenters. The molecule has 0 N–H and O–H groups in total. The predicted molar refractivity (Wildman–Crippen MR) is 134 cm³/mol. The number of rotatable bonds is 8. The van der Waals surface area contributed by atoms with Gasteiger partial charge in [-0.2, -0.15) is 26.3 Å². The third-order valence-corrected chi connectivity index (χ3v) is 7.07. The Bertz CT molecular complexity index is 915. The van der Waals surface area contributed by atoms with E-state index in [0.29, 0.717) is 17.7 Å². The van der Waals surface area contributed by atoms with Gasteiger partial charge < -0.3 is 14.7 Å². The minimum absolute atomic E-state index is 0. The topological polar surface area (TPSA) is 39.2 Å². The molecule has 2 aliphatic rings. The summed E-state index contributed by atoms with van der Waals surface area (Å²) in [5.74, 6) is -1.23. The maximum absolute atomic E-state index is 14.3. The van der Waals surface area contributed by atoms with Gasteiger partial charge in [0.1, 0.15) is 12.0 Å². The second-order valence-corrected chi connectivity index (χ2v) is 9.59. The lowest BCUT2D eigenvalue weighted by atomic mass is 9.93. The first-order valence-electron chi connectivity index (χ1n) is 12.4. The Morgan fingerprint density at radius 2 is 1.57 bits per heavy atom. The standard InChI is InChI=1S/C25H34F6N4O.ClH/c1-4-5-6-8-11-20(36)33(2)22-23(24(26,27)28,25(29,30)31)32-21(34(22)3)18-12-14-19(15-13-18)35-16-9-7-10-17-35;/h12-15,22H,4-11,16-17H2,1-3H3;1H. The SMILES string of the molecule is CCCCCCC(=O)N(C)C1N(C)C(c2ccc(N3CCCCC3)cc2)=NC1(C(F)(F)F)C(F)(F)F.Cl. The maximum Gasteiger partial charge on any atom is 0.426 e. The molecule has 1 saturated heterocycles. The molecule has 5 nitrogen and oxygen atoms in total. The van der Waals surface area contributed by atoms with Crippen LogP contribution in [0.25, 0.3) is 0 Å². The Balaban J connectivity index is 0.00000481. The van der Waals surface area contributed by atoms with E-state index < -0.39 is 35.8 Å². The number of amides is 1. The molecule has 0 saturated carbocycles. The largest absolute Gasteiger partial charge is 0.426 e. The van der Waals surface area contributed by atoms with Crippen LogP contribution in [0.15, 0.2) is 29.3 Å².